The Kier molecular flexibility index (Phi) is 5.95. The van der Waals surface area contributed by atoms with Crippen LogP contribution in [0.4, 0.5) is 0 Å². The van der Waals surface area contributed by atoms with E-state index in [1.165, 1.54) is 11.3 Å². The first kappa shape index (κ1) is 16.6. The molecule has 7 heteroatoms. The van der Waals surface area contributed by atoms with Gasteiger partial charge in [0.2, 0.25) is 10.0 Å². The zero-order valence-corrected chi connectivity index (χ0v) is 14.8. The molecule has 1 heterocycles. The molecule has 0 fully saturated rings. The minimum Gasteiger partial charge on any atom is -0.313 e. The fourth-order valence-corrected chi connectivity index (χ4v) is 4.38. The van der Waals surface area contributed by atoms with Gasteiger partial charge in [0.1, 0.15) is 0 Å². The summed E-state index contributed by atoms with van der Waals surface area (Å²) in [6, 6.07) is 10.8. The summed E-state index contributed by atoms with van der Waals surface area (Å²) in [7, 11) is -3.48. The predicted octanol–water partition coefficient (Wildman–Crippen LogP) is 3.10. The maximum absolute atomic E-state index is 12.3. The maximum atomic E-state index is 12.3. The zero-order chi connectivity index (χ0) is 15.3. The second kappa shape index (κ2) is 7.51. The van der Waals surface area contributed by atoms with Crippen LogP contribution in [-0.2, 0) is 23.1 Å². The summed E-state index contributed by atoms with van der Waals surface area (Å²) in [6.07, 6.45) is 0. The Balaban J connectivity index is 2.08. The van der Waals surface area contributed by atoms with Gasteiger partial charge >= 0.3 is 0 Å². The van der Waals surface area contributed by atoms with Crippen LogP contribution >= 0.6 is 27.3 Å². The van der Waals surface area contributed by atoms with E-state index in [2.05, 4.69) is 26.0 Å². The molecule has 0 atom stereocenters. The third-order valence-corrected chi connectivity index (χ3v) is 5.88. The smallest absolute Gasteiger partial charge is 0.240 e. The van der Waals surface area contributed by atoms with Crippen LogP contribution in [0.3, 0.4) is 0 Å². The molecule has 0 aliphatic rings. The molecule has 0 spiro atoms. The van der Waals surface area contributed by atoms with Gasteiger partial charge in [-0.2, -0.15) is 0 Å². The van der Waals surface area contributed by atoms with Crippen molar-refractivity contribution in [3.05, 3.63) is 50.6 Å². The van der Waals surface area contributed by atoms with E-state index in [9.17, 15) is 8.42 Å². The van der Waals surface area contributed by atoms with Crippen molar-refractivity contribution in [2.24, 2.45) is 0 Å². The Morgan fingerprint density at radius 3 is 2.67 bits per heavy atom. The van der Waals surface area contributed by atoms with Crippen molar-refractivity contribution in [3.63, 3.8) is 0 Å². The average Bonchev–Trinajstić information content (AvgIpc) is 2.89. The molecular formula is C14H17BrN2O2S2. The Labute approximate surface area is 137 Å². The number of sulfonamides is 1. The molecule has 21 heavy (non-hydrogen) atoms. The van der Waals surface area contributed by atoms with Crippen molar-refractivity contribution < 1.29 is 8.42 Å². The van der Waals surface area contributed by atoms with E-state index in [1.807, 2.05) is 25.1 Å². The zero-order valence-electron chi connectivity index (χ0n) is 11.6. The average molecular weight is 389 g/mol. The van der Waals surface area contributed by atoms with Crippen molar-refractivity contribution in [2.75, 3.05) is 6.54 Å². The topological polar surface area (TPSA) is 58.2 Å². The van der Waals surface area contributed by atoms with Crippen molar-refractivity contribution in [1.29, 1.82) is 0 Å². The molecular weight excluding hydrogens is 372 g/mol. The first-order chi connectivity index (χ1) is 10.0. The quantitative estimate of drug-likeness (QED) is 0.765. The van der Waals surface area contributed by atoms with Crippen LogP contribution in [0.25, 0.3) is 0 Å². The van der Waals surface area contributed by atoms with Gasteiger partial charge in [0.25, 0.3) is 0 Å². The van der Waals surface area contributed by atoms with E-state index in [4.69, 9.17) is 0 Å². The van der Waals surface area contributed by atoms with Gasteiger partial charge in [-0.1, -0.05) is 19.1 Å². The van der Waals surface area contributed by atoms with Gasteiger partial charge in [-0.05, 0) is 52.3 Å². The van der Waals surface area contributed by atoms with Gasteiger partial charge in [0.05, 0.1) is 8.68 Å². The Morgan fingerprint density at radius 2 is 2.00 bits per heavy atom. The summed E-state index contributed by atoms with van der Waals surface area (Å²) in [4.78, 5) is 1.27. The molecule has 0 unspecified atom stereocenters. The van der Waals surface area contributed by atoms with Crippen LogP contribution in [0.5, 0.6) is 0 Å². The van der Waals surface area contributed by atoms with Crippen molar-refractivity contribution >= 4 is 37.3 Å². The van der Waals surface area contributed by atoms with E-state index in [1.54, 1.807) is 18.2 Å². The third kappa shape index (κ3) is 4.89. The summed E-state index contributed by atoms with van der Waals surface area (Å²) in [5, 5.41) is 3.19. The Bertz CT molecular complexity index is 699. The summed E-state index contributed by atoms with van der Waals surface area (Å²) < 4.78 is 28.2. The molecule has 114 valence electrons. The van der Waals surface area contributed by atoms with Gasteiger partial charge < -0.3 is 5.32 Å². The van der Waals surface area contributed by atoms with Gasteiger partial charge in [0.15, 0.2) is 0 Å². The van der Waals surface area contributed by atoms with Gasteiger partial charge in [-0.3, -0.25) is 0 Å². The molecule has 0 radical (unpaired) electrons. The highest BCUT2D eigenvalue weighted by Gasteiger charge is 2.14. The minimum atomic E-state index is -3.48. The van der Waals surface area contributed by atoms with Crippen LogP contribution in [0.1, 0.15) is 17.4 Å². The van der Waals surface area contributed by atoms with E-state index < -0.39 is 10.0 Å². The standard InChI is InChI=1S/C14H17BrN2O2S2/c1-2-16-9-11-4-3-5-13(8-11)21(18,19)17-10-12-6-7-14(15)20-12/h3-8,16-17H,2,9-10H2,1H3. The lowest BCUT2D eigenvalue weighted by Gasteiger charge is -2.08. The highest BCUT2D eigenvalue weighted by Crippen LogP contribution is 2.22. The second-order valence-corrected chi connectivity index (χ2v) is 8.77. The minimum absolute atomic E-state index is 0.300. The Morgan fingerprint density at radius 1 is 1.19 bits per heavy atom. The SMILES string of the molecule is CCNCc1cccc(S(=O)(=O)NCc2ccc(Br)s2)c1. The van der Waals surface area contributed by atoms with Crippen LogP contribution in [0.15, 0.2) is 45.1 Å². The summed E-state index contributed by atoms with van der Waals surface area (Å²) >= 11 is 4.88. The molecule has 0 amide bonds. The number of benzene rings is 1. The Hall–Kier alpha value is -0.730. The predicted molar refractivity (Wildman–Crippen MR) is 89.9 cm³/mol. The number of rotatable bonds is 7. The van der Waals surface area contributed by atoms with Gasteiger partial charge in [-0.15, -0.1) is 11.3 Å². The highest BCUT2D eigenvalue weighted by molar-refractivity contribution is 9.11. The first-order valence-electron chi connectivity index (χ1n) is 6.55. The molecule has 0 saturated carbocycles. The lowest BCUT2D eigenvalue weighted by Crippen LogP contribution is -2.23. The molecule has 0 aliphatic carbocycles. The van der Waals surface area contributed by atoms with Crippen LogP contribution in [-0.4, -0.2) is 15.0 Å². The van der Waals surface area contributed by atoms with Crippen LogP contribution in [0.2, 0.25) is 0 Å². The fraction of sp³-hybridized carbons (Fsp3) is 0.286. The van der Waals surface area contributed by atoms with E-state index in [0.29, 0.717) is 18.0 Å². The molecule has 2 aromatic rings. The molecule has 1 aromatic carbocycles. The maximum Gasteiger partial charge on any atom is 0.240 e. The molecule has 0 bridgehead atoms. The third-order valence-electron chi connectivity index (χ3n) is 2.85. The van der Waals surface area contributed by atoms with E-state index in [0.717, 1.165) is 20.8 Å². The van der Waals surface area contributed by atoms with Crippen molar-refractivity contribution in [1.82, 2.24) is 10.0 Å². The lowest BCUT2D eigenvalue weighted by atomic mass is 10.2. The first-order valence-corrected chi connectivity index (χ1v) is 9.64. The van der Waals surface area contributed by atoms with Crippen LogP contribution < -0.4 is 10.0 Å². The number of halogens is 1. The molecule has 0 aliphatic heterocycles. The normalized spacial score (nSPS) is 11.7. The molecule has 2 N–H and O–H groups in total. The largest absolute Gasteiger partial charge is 0.313 e. The lowest BCUT2D eigenvalue weighted by molar-refractivity contribution is 0.581. The number of nitrogens with one attached hydrogen (secondary N) is 2. The molecule has 1 aromatic heterocycles. The van der Waals surface area contributed by atoms with E-state index in [-0.39, 0.29) is 0 Å². The summed E-state index contributed by atoms with van der Waals surface area (Å²) in [5.41, 5.74) is 0.957. The van der Waals surface area contributed by atoms with Gasteiger partial charge in [0, 0.05) is 18.0 Å². The molecule has 2 rings (SSSR count). The second-order valence-electron chi connectivity index (χ2n) is 4.46. The monoisotopic (exact) mass is 388 g/mol. The van der Waals surface area contributed by atoms with Crippen molar-refractivity contribution in [3.8, 4) is 0 Å². The summed E-state index contributed by atoms with van der Waals surface area (Å²) in [5.74, 6) is 0. The van der Waals surface area contributed by atoms with Crippen molar-refractivity contribution in [2.45, 2.75) is 24.9 Å². The van der Waals surface area contributed by atoms with Gasteiger partial charge in [-0.25, -0.2) is 13.1 Å². The number of hydrogen-bond donors (Lipinski definition) is 2. The van der Waals surface area contributed by atoms with E-state index >= 15 is 0 Å². The molecule has 0 saturated heterocycles. The number of thiophene rings is 1. The van der Waals surface area contributed by atoms with Crippen LogP contribution in [0, 0.1) is 0 Å². The summed E-state index contributed by atoms with van der Waals surface area (Å²) in [6.45, 7) is 3.83. The highest BCUT2D eigenvalue weighted by atomic mass is 79.9. The fourth-order valence-electron chi connectivity index (χ4n) is 1.79. The number of hydrogen-bond acceptors (Lipinski definition) is 4. The molecule has 4 nitrogen and oxygen atoms in total.